The second kappa shape index (κ2) is 8.45. The first-order chi connectivity index (χ1) is 15.2. The maximum absolute atomic E-state index is 12.9. The van der Waals surface area contributed by atoms with Crippen LogP contribution in [0.3, 0.4) is 0 Å². The van der Waals surface area contributed by atoms with Crippen LogP contribution < -0.4 is 10.1 Å². The van der Waals surface area contributed by atoms with Crippen LogP contribution in [-0.4, -0.2) is 38.6 Å². The number of hydrogen-bond donors (Lipinski definition) is 2. The zero-order chi connectivity index (χ0) is 21.2. The van der Waals surface area contributed by atoms with E-state index in [-0.39, 0.29) is 11.8 Å². The maximum Gasteiger partial charge on any atom is 0.227 e. The Hall–Kier alpha value is -3.29. The molecule has 0 spiro atoms. The summed E-state index contributed by atoms with van der Waals surface area (Å²) in [6.07, 6.45) is 11.0. The van der Waals surface area contributed by atoms with Gasteiger partial charge in [0.25, 0.3) is 0 Å². The van der Waals surface area contributed by atoms with Gasteiger partial charge in [-0.3, -0.25) is 9.78 Å². The minimum Gasteiger partial charge on any atom is -0.495 e. The molecule has 0 saturated heterocycles. The summed E-state index contributed by atoms with van der Waals surface area (Å²) in [5.41, 5.74) is 3.31. The van der Waals surface area contributed by atoms with E-state index in [1.807, 2.05) is 24.3 Å². The van der Waals surface area contributed by atoms with Gasteiger partial charge in [-0.05, 0) is 52.4 Å². The Balaban J connectivity index is 1.38. The third kappa shape index (κ3) is 4.15. The van der Waals surface area contributed by atoms with Crippen molar-refractivity contribution in [2.75, 3.05) is 12.4 Å². The first-order valence-electron chi connectivity index (χ1n) is 10.9. The second-order valence-electron chi connectivity index (χ2n) is 8.52. The van der Waals surface area contributed by atoms with Crippen molar-refractivity contribution in [2.24, 2.45) is 17.8 Å². The van der Waals surface area contributed by atoms with Crippen molar-refractivity contribution in [3.63, 3.8) is 0 Å². The number of ether oxygens (including phenoxy) is 1. The Morgan fingerprint density at radius 2 is 2.00 bits per heavy atom. The zero-order valence-electron chi connectivity index (χ0n) is 17.5. The number of amides is 1. The number of H-pyrrole nitrogens is 1. The quantitative estimate of drug-likeness (QED) is 0.624. The molecule has 2 aliphatic carbocycles. The topological polar surface area (TPSA) is 106 Å². The number of nitrogens with zero attached hydrogens (tertiary/aromatic N) is 4. The van der Waals surface area contributed by atoms with Gasteiger partial charge in [0.15, 0.2) is 5.82 Å². The number of benzene rings is 1. The molecule has 160 valence electrons. The molecule has 5 rings (SSSR count). The zero-order valence-corrected chi connectivity index (χ0v) is 17.5. The molecule has 1 aromatic carbocycles. The summed E-state index contributed by atoms with van der Waals surface area (Å²) >= 11 is 0. The van der Waals surface area contributed by atoms with Crippen LogP contribution >= 0.6 is 0 Å². The van der Waals surface area contributed by atoms with Crippen LogP contribution in [-0.2, 0) is 4.79 Å². The van der Waals surface area contributed by atoms with Gasteiger partial charge in [0, 0.05) is 28.9 Å². The number of carbonyl (C=O) groups is 1. The highest BCUT2D eigenvalue weighted by atomic mass is 16.5. The van der Waals surface area contributed by atoms with Crippen molar-refractivity contribution in [1.29, 1.82) is 0 Å². The largest absolute Gasteiger partial charge is 0.495 e. The van der Waals surface area contributed by atoms with Crippen molar-refractivity contribution in [2.45, 2.75) is 38.5 Å². The molecule has 2 heterocycles. The van der Waals surface area contributed by atoms with Crippen LogP contribution in [0.25, 0.3) is 22.5 Å². The summed E-state index contributed by atoms with van der Waals surface area (Å²) in [5.74, 6) is 2.73. The molecule has 2 aliphatic rings. The third-order valence-corrected chi connectivity index (χ3v) is 6.58. The Morgan fingerprint density at radius 1 is 1.13 bits per heavy atom. The fraction of sp³-hybridized carbons (Fsp3) is 0.435. The number of aromatic nitrogens is 5. The molecule has 8 nitrogen and oxygen atoms in total. The molecule has 0 aliphatic heterocycles. The second-order valence-corrected chi connectivity index (χ2v) is 8.52. The van der Waals surface area contributed by atoms with Crippen LogP contribution in [0.1, 0.15) is 38.5 Å². The minimum absolute atomic E-state index is 0.119. The minimum atomic E-state index is 0.119. The number of tetrazole rings is 1. The summed E-state index contributed by atoms with van der Waals surface area (Å²) in [6, 6.07) is 7.69. The van der Waals surface area contributed by atoms with E-state index in [2.05, 4.69) is 30.9 Å². The molecule has 2 atom stereocenters. The van der Waals surface area contributed by atoms with E-state index in [0.29, 0.717) is 17.5 Å². The van der Waals surface area contributed by atoms with Gasteiger partial charge in [-0.2, -0.15) is 0 Å². The predicted molar refractivity (Wildman–Crippen MR) is 116 cm³/mol. The number of methoxy groups -OCH3 is 1. The number of anilines is 1. The van der Waals surface area contributed by atoms with Gasteiger partial charge in [0.1, 0.15) is 5.75 Å². The van der Waals surface area contributed by atoms with Gasteiger partial charge in [0.2, 0.25) is 5.91 Å². The summed E-state index contributed by atoms with van der Waals surface area (Å²) < 4.78 is 5.31. The van der Waals surface area contributed by atoms with Gasteiger partial charge < -0.3 is 10.1 Å². The molecule has 3 aromatic rings. The molecule has 31 heavy (non-hydrogen) atoms. The van der Waals surface area contributed by atoms with Crippen molar-refractivity contribution in [1.82, 2.24) is 25.6 Å². The molecule has 2 aromatic heterocycles. The highest BCUT2D eigenvalue weighted by Crippen LogP contribution is 2.49. The van der Waals surface area contributed by atoms with Crippen molar-refractivity contribution < 1.29 is 9.53 Å². The summed E-state index contributed by atoms with van der Waals surface area (Å²) in [6.45, 7) is 0. The van der Waals surface area contributed by atoms with Crippen molar-refractivity contribution in [3.05, 3.63) is 36.7 Å². The Bertz CT molecular complexity index is 1060. The lowest BCUT2D eigenvalue weighted by atomic mass is 9.85. The molecule has 2 N–H and O–H groups in total. The van der Waals surface area contributed by atoms with Crippen LogP contribution in [0.2, 0.25) is 0 Å². The summed E-state index contributed by atoms with van der Waals surface area (Å²) in [5, 5.41) is 17.4. The molecule has 1 amide bonds. The van der Waals surface area contributed by atoms with Gasteiger partial charge in [-0.15, -0.1) is 5.10 Å². The van der Waals surface area contributed by atoms with E-state index < -0.39 is 0 Å². The first kappa shape index (κ1) is 19.7. The van der Waals surface area contributed by atoms with Crippen LogP contribution in [0.4, 0.5) is 5.69 Å². The molecule has 8 heteroatoms. The first-order valence-corrected chi connectivity index (χ1v) is 10.9. The maximum atomic E-state index is 12.9. The highest BCUT2D eigenvalue weighted by molar-refractivity contribution is 5.96. The molecule has 2 unspecified atom stereocenters. The highest BCUT2D eigenvalue weighted by Gasteiger charge is 2.47. The number of nitrogens with one attached hydrogen (secondary N) is 2. The van der Waals surface area contributed by atoms with Gasteiger partial charge in [-0.25, -0.2) is 5.10 Å². The Kier molecular flexibility index (Phi) is 5.36. The number of aromatic amines is 1. The van der Waals surface area contributed by atoms with Crippen molar-refractivity contribution >= 4 is 11.6 Å². The van der Waals surface area contributed by atoms with Crippen LogP contribution in [0.15, 0.2) is 36.7 Å². The third-order valence-electron chi connectivity index (χ3n) is 6.58. The van der Waals surface area contributed by atoms with Gasteiger partial charge in [0.05, 0.1) is 13.3 Å². The summed E-state index contributed by atoms with van der Waals surface area (Å²) in [4.78, 5) is 17.1. The number of pyridine rings is 1. The molecular formula is C23H26N6O2. The van der Waals surface area contributed by atoms with Gasteiger partial charge >= 0.3 is 0 Å². The van der Waals surface area contributed by atoms with Crippen molar-refractivity contribution in [3.8, 4) is 28.3 Å². The molecule has 0 bridgehead atoms. The monoisotopic (exact) mass is 418 g/mol. The number of carbonyl (C=O) groups excluding carboxylic acids is 1. The van der Waals surface area contributed by atoms with E-state index in [1.54, 1.807) is 19.5 Å². The van der Waals surface area contributed by atoms with Gasteiger partial charge in [-0.1, -0.05) is 38.2 Å². The van der Waals surface area contributed by atoms with E-state index >= 15 is 0 Å². The lowest BCUT2D eigenvalue weighted by Crippen LogP contribution is -2.18. The molecule has 2 saturated carbocycles. The fourth-order valence-corrected chi connectivity index (χ4v) is 4.86. The average molecular weight is 419 g/mol. The number of rotatable bonds is 6. The number of hydrogen-bond acceptors (Lipinski definition) is 6. The molecule has 2 fully saturated rings. The predicted octanol–water partition coefficient (Wildman–Crippen LogP) is 4.09. The standard InChI is InChI=1S/C23H26N6O2/c1-31-17-9-15(12-24-13-17)18-8-7-16(10-20(18)22-26-28-29-27-22)25-23(30)21-11-19(21)14-5-3-2-4-6-14/h7-10,12-14,19,21H,2-6,11H2,1H3,(H,25,30)(H,26,27,28,29). The fourth-order valence-electron chi connectivity index (χ4n) is 4.86. The van der Waals surface area contributed by atoms with E-state index in [9.17, 15) is 4.79 Å². The lowest BCUT2D eigenvalue weighted by Gasteiger charge is -2.21. The Morgan fingerprint density at radius 3 is 2.77 bits per heavy atom. The molecule has 0 radical (unpaired) electrons. The Labute approximate surface area is 180 Å². The van der Waals surface area contributed by atoms with E-state index in [4.69, 9.17) is 4.74 Å². The van der Waals surface area contributed by atoms with E-state index in [1.165, 1.54) is 32.1 Å². The normalized spacial score (nSPS) is 20.9. The SMILES string of the molecule is COc1cncc(-c2ccc(NC(=O)C3CC3C3CCCCC3)cc2-c2nnn[nH]2)c1. The van der Waals surface area contributed by atoms with E-state index in [0.717, 1.165) is 34.7 Å². The lowest BCUT2D eigenvalue weighted by molar-refractivity contribution is -0.117. The average Bonchev–Trinajstić information content (AvgIpc) is 3.44. The van der Waals surface area contributed by atoms with Crippen LogP contribution in [0, 0.1) is 17.8 Å². The summed E-state index contributed by atoms with van der Waals surface area (Å²) in [7, 11) is 1.61. The smallest absolute Gasteiger partial charge is 0.227 e. The molecular weight excluding hydrogens is 392 g/mol. The van der Waals surface area contributed by atoms with Crippen LogP contribution in [0.5, 0.6) is 5.75 Å².